The van der Waals surface area contributed by atoms with Gasteiger partial charge >= 0.3 is 0 Å². The molecule has 0 aliphatic carbocycles. The van der Waals surface area contributed by atoms with Gasteiger partial charge in [0.25, 0.3) is 17.2 Å². The summed E-state index contributed by atoms with van der Waals surface area (Å²) in [5, 5.41) is 21.7. The van der Waals surface area contributed by atoms with E-state index in [-0.39, 0.29) is 39.4 Å². The topological polar surface area (TPSA) is 149 Å². The van der Waals surface area contributed by atoms with E-state index in [2.05, 4.69) is 20.2 Å². The SMILES string of the molecule is COc1ccc(C2=NN(C(=O)CSc3nc4c(cnn4-c4ccc([N+](=O)[O-])cc4)c(=O)[nH]3)C(c3ccc(F)cc3)C2)cc1. The molecule has 0 spiro atoms. The number of nitro benzene ring substituents is 1. The number of carbonyl (C=O) groups is 1. The van der Waals surface area contributed by atoms with Gasteiger partial charge in [0.1, 0.15) is 17.0 Å². The average molecular weight is 600 g/mol. The molecule has 43 heavy (non-hydrogen) atoms. The molecule has 2 aromatic heterocycles. The van der Waals surface area contributed by atoms with E-state index in [9.17, 15) is 24.1 Å². The number of methoxy groups -OCH3 is 1. The third-order valence-corrected chi connectivity index (χ3v) is 7.76. The average Bonchev–Trinajstić information content (AvgIpc) is 3.66. The summed E-state index contributed by atoms with van der Waals surface area (Å²) in [7, 11) is 1.58. The molecule has 1 atom stereocenters. The number of non-ortho nitro benzene ring substituents is 1. The van der Waals surface area contributed by atoms with E-state index in [1.807, 2.05) is 24.3 Å². The fourth-order valence-electron chi connectivity index (χ4n) is 4.71. The third-order valence-electron chi connectivity index (χ3n) is 6.90. The van der Waals surface area contributed by atoms with Crippen LogP contribution in [-0.4, -0.2) is 54.2 Å². The quantitative estimate of drug-likeness (QED) is 0.117. The van der Waals surface area contributed by atoms with Crippen LogP contribution < -0.4 is 10.3 Å². The molecule has 5 aromatic rings. The lowest BCUT2D eigenvalue weighted by atomic mass is 9.98. The number of H-pyrrole nitrogens is 1. The largest absolute Gasteiger partial charge is 0.497 e. The smallest absolute Gasteiger partial charge is 0.269 e. The number of ether oxygens (including phenoxy) is 1. The van der Waals surface area contributed by atoms with Crippen molar-refractivity contribution in [3.05, 3.63) is 116 Å². The predicted molar refractivity (Wildman–Crippen MR) is 157 cm³/mol. The fraction of sp³-hybridized carbons (Fsp3) is 0.138. The van der Waals surface area contributed by atoms with Crippen molar-refractivity contribution in [3.63, 3.8) is 0 Å². The number of rotatable bonds is 8. The lowest BCUT2D eigenvalue weighted by Crippen LogP contribution is -2.28. The number of hydrogen-bond donors (Lipinski definition) is 1. The molecule has 0 saturated carbocycles. The van der Waals surface area contributed by atoms with Crippen molar-refractivity contribution >= 4 is 40.1 Å². The highest BCUT2D eigenvalue weighted by atomic mass is 32.2. The zero-order valence-electron chi connectivity index (χ0n) is 22.5. The number of halogens is 1. The van der Waals surface area contributed by atoms with Crippen LogP contribution in [0.5, 0.6) is 5.75 Å². The summed E-state index contributed by atoms with van der Waals surface area (Å²) in [5.74, 6) is -0.133. The van der Waals surface area contributed by atoms with Gasteiger partial charge in [-0.2, -0.15) is 10.2 Å². The highest BCUT2D eigenvalue weighted by Gasteiger charge is 2.33. The van der Waals surface area contributed by atoms with Crippen LogP contribution in [0.15, 0.2) is 94.0 Å². The van der Waals surface area contributed by atoms with E-state index < -0.39 is 16.5 Å². The van der Waals surface area contributed by atoms with E-state index in [4.69, 9.17) is 4.74 Å². The summed E-state index contributed by atoms with van der Waals surface area (Å²) in [6, 6.07) is 18.5. The molecule has 0 fully saturated rings. The van der Waals surface area contributed by atoms with Gasteiger partial charge in [0.15, 0.2) is 10.8 Å². The second kappa shape index (κ2) is 11.5. The monoisotopic (exact) mass is 599 g/mol. The molecular formula is C29H22FN7O5S. The number of carbonyl (C=O) groups excluding carboxylic acids is 1. The van der Waals surface area contributed by atoms with Crippen molar-refractivity contribution in [2.75, 3.05) is 12.9 Å². The molecule has 3 heterocycles. The number of aromatic nitrogens is 4. The maximum atomic E-state index is 13.7. The van der Waals surface area contributed by atoms with Crippen LogP contribution in [0.3, 0.4) is 0 Å². The zero-order chi connectivity index (χ0) is 30.1. The molecule has 1 amide bonds. The highest BCUT2D eigenvalue weighted by molar-refractivity contribution is 7.99. The van der Waals surface area contributed by atoms with E-state index >= 15 is 0 Å². The van der Waals surface area contributed by atoms with Crippen LogP contribution in [0, 0.1) is 15.9 Å². The Hall–Kier alpha value is -5.37. The van der Waals surface area contributed by atoms with Crippen molar-refractivity contribution in [2.45, 2.75) is 17.6 Å². The summed E-state index contributed by atoms with van der Waals surface area (Å²) in [5.41, 5.74) is 2.43. The normalized spacial score (nSPS) is 14.6. The Balaban J connectivity index is 1.26. The molecule has 1 aliphatic rings. The maximum absolute atomic E-state index is 13.7. The first-order chi connectivity index (χ1) is 20.8. The minimum Gasteiger partial charge on any atom is -0.497 e. The van der Waals surface area contributed by atoms with Gasteiger partial charge in [-0.25, -0.2) is 19.1 Å². The Morgan fingerprint density at radius 2 is 1.84 bits per heavy atom. The number of hydrogen-bond acceptors (Lipinski definition) is 9. The molecule has 3 aromatic carbocycles. The number of hydrazone groups is 1. The van der Waals surface area contributed by atoms with Gasteiger partial charge in [-0.15, -0.1) is 0 Å². The first-order valence-corrected chi connectivity index (χ1v) is 13.9. The number of aromatic amines is 1. The molecule has 0 radical (unpaired) electrons. The van der Waals surface area contributed by atoms with Crippen LogP contribution in [0.1, 0.15) is 23.6 Å². The number of benzene rings is 3. The molecule has 216 valence electrons. The Morgan fingerprint density at radius 1 is 1.12 bits per heavy atom. The van der Waals surface area contributed by atoms with Crippen molar-refractivity contribution in [3.8, 4) is 11.4 Å². The molecule has 1 aliphatic heterocycles. The van der Waals surface area contributed by atoms with Crippen LogP contribution in [0.2, 0.25) is 0 Å². The molecule has 0 bridgehead atoms. The third kappa shape index (κ3) is 5.59. The zero-order valence-corrected chi connectivity index (χ0v) is 23.3. The second-order valence-electron chi connectivity index (χ2n) is 9.51. The van der Waals surface area contributed by atoms with Gasteiger partial charge in [0, 0.05) is 18.6 Å². The fourth-order valence-corrected chi connectivity index (χ4v) is 5.42. The predicted octanol–water partition coefficient (Wildman–Crippen LogP) is 4.63. The van der Waals surface area contributed by atoms with Gasteiger partial charge in [0.2, 0.25) is 0 Å². The molecule has 1 N–H and O–H groups in total. The Kier molecular flexibility index (Phi) is 7.42. The van der Waals surface area contributed by atoms with Crippen LogP contribution in [0.25, 0.3) is 16.7 Å². The first-order valence-electron chi connectivity index (χ1n) is 13.0. The summed E-state index contributed by atoms with van der Waals surface area (Å²) < 4.78 is 20.3. The van der Waals surface area contributed by atoms with Gasteiger partial charge in [-0.05, 0) is 59.7 Å². The molecule has 1 unspecified atom stereocenters. The number of nitrogens with one attached hydrogen (secondary N) is 1. The summed E-state index contributed by atoms with van der Waals surface area (Å²) in [4.78, 5) is 44.0. The van der Waals surface area contributed by atoms with Gasteiger partial charge < -0.3 is 9.72 Å². The minimum absolute atomic E-state index is 0.0839. The number of fused-ring (bicyclic) bond motifs is 1. The minimum atomic E-state index is -0.509. The molecule has 0 saturated heterocycles. The number of nitrogens with zero attached hydrogens (tertiary/aromatic N) is 6. The van der Waals surface area contributed by atoms with E-state index in [1.54, 1.807) is 19.2 Å². The first kappa shape index (κ1) is 27.8. The van der Waals surface area contributed by atoms with Crippen LogP contribution in [-0.2, 0) is 4.79 Å². The Morgan fingerprint density at radius 3 is 2.51 bits per heavy atom. The lowest BCUT2D eigenvalue weighted by Gasteiger charge is -2.22. The lowest BCUT2D eigenvalue weighted by molar-refractivity contribution is -0.384. The number of thioether (sulfide) groups is 1. The summed E-state index contributed by atoms with van der Waals surface area (Å²) in [6.45, 7) is 0. The van der Waals surface area contributed by atoms with E-state index in [0.29, 0.717) is 23.6 Å². The van der Waals surface area contributed by atoms with Gasteiger partial charge in [-0.1, -0.05) is 23.9 Å². The standard InChI is InChI=1S/C29H22FN7O5S/c1-42-22-12-4-17(5-13-22)24-14-25(18-2-6-19(30)7-3-18)36(34-24)26(38)16-43-29-32-27-23(28(39)33-29)15-31-35(27)20-8-10-21(11-9-20)37(40)41/h2-13,15,25H,14,16H2,1H3,(H,32,33,39). The Bertz CT molecular complexity index is 1920. The van der Waals surface area contributed by atoms with Gasteiger partial charge in [-0.3, -0.25) is 19.7 Å². The summed E-state index contributed by atoms with van der Waals surface area (Å²) >= 11 is 1.03. The second-order valence-corrected chi connectivity index (χ2v) is 10.5. The van der Waals surface area contributed by atoms with Crippen molar-refractivity contribution in [2.24, 2.45) is 5.10 Å². The molecule has 14 heteroatoms. The Labute approximate surface area is 247 Å². The van der Waals surface area contributed by atoms with Crippen LogP contribution in [0.4, 0.5) is 10.1 Å². The number of nitro groups is 1. The number of amides is 1. The van der Waals surface area contributed by atoms with E-state index in [0.717, 1.165) is 22.9 Å². The molecule has 6 rings (SSSR count). The summed E-state index contributed by atoms with van der Waals surface area (Å²) in [6.07, 6.45) is 1.78. The molecule has 12 nitrogen and oxygen atoms in total. The van der Waals surface area contributed by atoms with Crippen molar-refractivity contribution in [1.82, 2.24) is 24.8 Å². The van der Waals surface area contributed by atoms with Crippen molar-refractivity contribution < 1.29 is 18.8 Å². The molecular weight excluding hydrogens is 577 g/mol. The highest BCUT2D eigenvalue weighted by Crippen LogP contribution is 2.34. The van der Waals surface area contributed by atoms with Gasteiger partial charge in [0.05, 0.1) is 41.4 Å². The van der Waals surface area contributed by atoms with E-state index in [1.165, 1.54) is 52.3 Å². The van der Waals surface area contributed by atoms with Crippen molar-refractivity contribution in [1.29, 1.82) is 0 Å². The van der Waals surface area contributed by atoms with Crippen LogP contribution >= 0.6 is 11.8 Å². The maximum Gasteiger partial charge on any atom is 0.269 e.